The smallest absolute Gasteiger partial charge is 0.277 e. The maximum absolute atomic E-state index is 5.47. The summed E-state index contributed by atoms with van der Waals surface area (Å²) in [6, 6.07) is 0. The standard InChI is InChI=1S/C7H15ClO2Si/c1-5-9-7(6-8)10-11(2,3)4/h6H,5H2,1-4H3/b7-6+. The molecule has 0 saturated heterocycles. The first-order chi connectivity index (χ1) is 4.99. The molecule has 0 aliphatic carbocycles. The number of halogens is 1. The summed E-state index contributed by atoms with van der Waals surface area (Å²) in [6.45, 7) is 8.71. The Kier molecular flexibility index (Phi) is 4.60. The van der Waals surface area contributed by atoms with Gasteiger partial charge >= 0.3 is 0 Å². The molecule has 0 bridgehead atoms. The van der Waals surface area contributed by atoms with E-state index >= 15 is 0 Å². The molecule has 0 saturated carbocycles. The molecule has 0 spiro atoms. The predicted octanol–water partition coefficient (Wildman–Crippen LogP) is 2.91. The van der Waals surface area contributed by atoms with Crippen molar-refractivity contribution in [3.63, 3.8) is 0 Å². The van der Waals surface area contributed by atoms with Crippen molar-refractivity contribution in [2.75, 3.05) is 6.61 Å². The van der Waals surface area contributed by atoms with Crippen molar-refractivity contribution in [2.45, 2.75) is 26.6 Å². The second-order valence-corrected chi connectivity index (χ2v) is 7.72. The van der Waals surface area contributed by atoms with Crippen LogP contribution in [0.4, 0.5) is 0 Å². The summed E-state index contributed by atoms with van der Waals surface area (Å²) in [7, 11) is -1.56. The van der Waals surface area contributed by atoms with E-state index < -0.39 is 8.32 Å². The Balaban J connectivity index is 3.90. The quantitative estimate of drug-likeness (QED) is 0.506. The molecule has 0 radical (unpaired) electrons. The van der Waals surface area contributed by atoms with Crippen molar-refractivity contribution in [2.24, 2.45) is 0 Å². The van der Waals surface area contributed by atoms with E-state index in [1.165, 1.54) is 5.54 Å². The summed E-state index contributed by atoms with van der Waals surface area (Å²) >= 11 is 5.46. The van der Waals surface area contributed by atoms with E-state index in [4.69, 9.17) is 20.8 Å². The maximum Gasteiger partial charge on any atom is 0.277 e. The monoisotopic (exact) mass is 194 g/mol. The van der Waals surface area contributed by atoms with Crippen LogP contribution in [0.1, 0.15) is 6.92 Å². The van der Waals surface area contributed by atoms with Crippen LogP contribution in [0.2, 0.25) is 19.6 Å². The van der Waals surface area contributed by atoms with E-state index in [2.05, 4.69) is 19.6 Å². The van der Waals surface area contributed by atoms with Gasteiger partial charge < -0.3 is 9.16 Å². The van der Waals surface area contributed by atoms with Crippen molar-refractivity contribution in [1.82, 2.24) is 0 Å². The van der Waals surface area contributed by atoms with Gasteiger partial charge in [-0.15, -0.1) is 0 Å². The zero-order chi connectivity index (χ0) is 8.91. The summed E-state index contributed by atoms with van der Waals surface area (Å²) in [6.07, 6.45) is 0. The molecule has 0 N–H and O–H groups in total. The van der Waals surface area contributed by atoms with E-state index in [1.54, 1.807) is 0 Å². The van der Waals surface area contributed by atoms with Gasteiger partial charge in [-0.1, -0.05) is 11.6 Å². The van der Waals surface area contributed by atoms with Crippen LogP contribution in [-0.4, -0.2) is 14.9 Å². The molecule has 4 heteroatoms. The first kappa shape index (κ1) is 10.8. The zero-order valence-corrected chi connectivity index (χ0v) is 9.23. The normalized spacial score (nSPS) is 13.0. The second-order valence-electron chi connectivity index (χ2n) is 3.08. The minimum absolute atomic E-state index is 0.438. The summed E-state index contributed by atoms with van der Waals surface area (Å²) in [5.74, 6) is 0.438. The highest BCUT2D eigenvalue weighted by atomic mass is 35.5. The van der Waals surface area contributed by atoms with Gasteiger partial charge in [0.25, 0.3) is 5.95 Å². The summed E-state index contributed by atoms with van der Waals surface area (Å²) in [4.78, 5) is 0. The second kappa shape index (κ2) is 4.67. The molecule has 0 aliphatic rings. The Bertz CT molecular complexity index is 140. The molecule has 0 heterocycles. The highest BCUT2D eigenvalue weighted by Gasteiger charge is 2.17. The molecule has 2 nitrogen and oxygen atoms in total. The van der Waals surface area contributed by atoms with Gasteiger partial charge in [-0.3, -0.25) is 0 Å². The fourth-order valence-corrected chi connectivity index (χ4v) is 1.43. The largest absolute Gasteiger partial charge is 0.519 e. The average Bonchev–Trinajstić information content (AvgIpc) is 1.84. The van der Waals surface area contributed by atoms with Gasteiger partial charge in [0.1, 0.15) is 0 Å². The molecular weight excluding hydrogens is 180 g/mol. The third-order valence-corrected chi connectivity index (χ3v) is 1.77. The van der Waals surface area contributed by atoms with Gasteiger partial charge in [-0.2, -0.15) is 0 Å². The first-order valence-corrected chi connectivity index (χ1v) is 7.46. The molecule has 0 aromatic carbocycles. The fraction of sp³-hybridized carbons (Fsp3) is 0.714. The van der Waals surface area contributed by atoms with Crippen LogP contribution in [0.3, 0.4) is 0 Å². The molecule has 0 aromatic rings. The van der Waals surface area contributed by atoms with Crippen LogP contribution in [0, 0.1) is 0 Å². The molecule has 0 atom stereocenters. The SMILES string of the molecule is CCO/C(=C\Cl)O[Si](C)(C)C. The zero-order valence-electron chi connectivity index (χ0n) is 7.48. The van der Waals surface area contributed by atoms with Gasteiger partial charge in [0.15, 0.2) is 0 Å². The molecule has 0 fully saturated rings. The van der Waals surface area contributed by atoms with Crippen LogP contribution in [0.25, 0.3) is 0 Å². The fourth-order valence-electron chi connectivity index (χ4n) is 0.527. The summed E-state index contributed by atoms with van der Waals surface area (Å²) in [5, 5.41) is 0. The highest BCUT2D eigenvalue weighted by molar-refractivity contribution is 6.70. The Morgan fingerprint density at radius 3 is 2.27 bits per heavy atom. The number of rotatable bonds is 4. The lowest BCUT2D eigenvalue weighted by atomic mass is 10.8. The topological polar surface area (TPSA) is 18.5 Å². The van der Waals surface area contributed by atoms with Gasteiger partial charge in [0.2, 0.25) is 8.32 Å². The van der Waals surface area contributed by atoms with Crippen molar-refractivity contribution in [3.8, 4) is 0 Å². The van der Waals surface area contributed by atoms with Crippen molar-refractivity contribution < 1.29 is 9.16 Å². The van der Waals surface area contributed by atoms with Gasteiger partial charge in [-0.25, -0.2) is 0 Å². The van der Waals surface area contributed by atoms with Crippen molar-refractivity contribution in [1.29, 1.82) is 0 Å². The summed E-state index contributed by atoms with van der Waals surface area (Å²) in [5.41, 5.74) is 1.34. The van der Waals surface area contributed by atoms with Crippen LogP contribution >= 0.6 is 11.6 Å². The average molecular weight is 195 g/mol. The van der Waals surface area contributed by atoms with E-state index in [0.29, 0.717) is 12.6 Å². The molecule has 0 aromatic heterocycles. The van der Waals surface area contributed by atoms with E-state index in [-0.39, 0.29) is 0 Å². The van der Waals surface area contributed by atoms with E-state index in [1.807, 2.05) is 6.92 Å². The minimum atomic E-state index is -1.56. The molecule has 11 heavy (non-hydrogen) atoms. The molecule has 0 aliphatic heterocycles. The van der Waals surface area contributed by atoms with Gasteiger partial charge in [0, 0.05) is 0 Å². The molecule has 0 rings (SSSR count). The summed E-state index contributed by atoms with van der Waals surface area (Å²) < 4.78 is 10.6. The number of hydrogen-bond acceptors (Lipinski definition) is 2. The van der Waals surface area contributed by atoms with Crippen LogP contribution in [0.15, 0.2) is 11.5 Å². The lowest BCUT2D eigenvalue weighted by molar-refractivity contribution is 0.113. The van der Waals surface area contributed by atoms with E-state index in [9.17, 15) is 0 Å². The predicted molar refractivity (Wildman–Crippen MR) is 50.0 cm³/mol. The third kappa shape index (κ3) is 6.25. The Labute approximate surface area is 74.3 Å². The first-order valence-electron chi connectivity index (χ1n) is 3.62. The molecule has 0 unspecified atom stereocenters. The Morgan fingerprint density at radius 2 is 2.00 bits per heavy atom. The molecular formula is C7H15ClO2Si. The van der Waals surface area contributed by atoms with Crippen molar-refractivity contribution >= 4 is 19.9 Å². The van der Waals surface area contributed by atoms with Gasteiger partial charge in [-0.05, 0) is 26.6 Å². The van der Waals surface area contributed by atoms with Crippen LogP contribution in [0.5, 0.6) is 0 Å². The Morgan fingerprint density at radius 1 is 1.45 bits per heavy atom. The Hall–Kier alpha value is -0.153. The highest BCUT2D eigenvalue weighted by Crippen LogP contribution is 2.11. The van der Waals surface area contributed by atoms with E-state index in [0.717, 1.165) is 0 Å². The molecule has 0 amide bonds. The number of hydrogen-bond donors (Lipinski definition) is 0. The third-order valence-electron chi connectivity index (χ3n) is 0.782. The maximum atomic E-state index is 5.47. The van der Waals surface area contributed by atoms with Crippen LogP contribution < -0.4 is 0 Å². The lowest BCUT2D eigenvalue weighted by Crippen LogP contribution is -2.25. The number of ether oxygens (including phenoxy) is 1. The minimum Gasteiger partial charge on any atom is -0.519 e. The molecule has 66 valence electrons. The van der Waals surface area contributed by atoms with Crippen molar-refractivity contribution in [3.05, 3.63) is 11.5 Å². The van der Waals surface area contributed by atoms with Gasteiger partial charge in [0.05, 0.1) is 12.1 Å². The lowest BCUT2D eigenvalue weighted by Gasteiger charge is -2.20. The van der Waals surface area contributed by atoms with Crippen LogP contribution in [-0.2, 0) is 9.16 Å².